The van der Waals surface area contributed by atoms with E-state index in [-0.39, 0.29) is 11.9 Å². The first-order valence-electron chi connectivity index (χ1n) is 9.98. The number of fused-ring (bicyclic) bond motifs is 2. The van der Waals surface area contributed by atoms with Crippen molar-refractivity contribution in [1.29, 1.82) is 0 Å². The van der Waals surface area contributed by atoms with Gasteiger partial charge in [0, 0.05) is 24.6 Å². The van der Waals surface area contributed by atoms with Gasteiger partial charge in [0.25, 0.3) is 0 Å². The number of morpholine rings is 1. The van der Waals surface area contributed by atoms with Crippen molar-refractivity contribution in [3.05, 3.63) is 65.2 Å². The van der Waals surface area contributed by atoms with Crippen molar-refractivity contribution in [3.8, 4) is 5.75 Å². The lowest BCUT2D eigenvalue weighted by Gasteiger charge is -2.23. The molecule has 27 heavy (non-hydrogen) atoms. The van der Waals surface area contributed by atoms with E-state index < -0.39 is 0 Å². The lowest BCUT2D eigenvalue weighted by Crippen LogP contribution is -2.33. The molecule has 1 aliphatic carbocycles. The number of carbonyl (C=O) groups is 1. The quantitative estimate of drug-likeness (QED) is 0.762. The Hall–Kier alpha value is -2.17. The lowest BCUT2D eigenvalue weighted by atomic mass is 9.98. The summed E-state index contributed by atoms with van der Waals surface area (Å²) in [5.41, 5.74) is 2.97. The fourth-order valence-corrected chi connectivity index (χ4v) is 4.03. The van der Waals surface area contributed by atoms with E-state index in [4.69, 9.17) is 9.47 Å². The average molecular weight is 363 g/mol. The summed E-state index contributed by atoms with van der Waals surface area (Å²) in [7, 11) is 0. The second-order valence-electron chi connectivity index (χ2n) is 8.05. The van der Waals surface area contributed by atoms with Gasteiger partial charge in [0.2, 0.25) is 0 Å². The van der Waals surface area contributed by atoms with E-state index in [0.29, 0.717) is 18.6 Å². The number of carbonyl (C=O) groups excluding carboxylic acids is 1. The van der Waals surface area contributed by atoms with Gasteiger partial charge >= 0.3 is 0 Å². The van der Waals surface area contributed by atoms with Gasteiger partial charge in [0.05, 0.1) is 18.8 Å². The van der Waals surface area contributed by atoms with E-state index >= 15 is 0 Å². The number of hydrogen-bond donors (Lipinski definition) is 1. The predicted octanol–water partition coefficient (Wildman–Crippen LogP) is 3.70. The fraction of sp³-hybridized carbons (Fsp3) is 0.435. The molecule has 140 valence electrons. The topological polar surface area (TPSA) is 47.6 Å². The minimum atomic E-state index is 0.134. The zero-order valence-electron chi connectivity index (χ0n) is 15.4. The lowest BCUT2D eigenvalue weighted by molar-refractivity contribution is 0.0160. The first-order chi connectivity index (χ1) is 13.2. The molecule has 1 saturated carbocycles. The zero-order valence-corrected chi connectivity index (χ0v) is 15.4. The molecule has 5 rings (SSSR count). The third kappa shape index (κ3) is 3.78. The monoisotopic (exact) mass is 363 g/mol. The molecule has 2 bridgehead atoms. The Morgan fingerprint density at radius 3 is 2.48 bits per heavy atom. The zero-order chi connectivity index (χ0) is 18.2. The summed E-state index contributed by atoms with van der Waals surface area (Å²) >= 11 is 0. The molecule has 2 saturated heterocycles. The predicted molar refractivity (Wildman–Crippen MR) is 103 cm³/mol. The van der Waals surface area contributed by atoms with E-state index in [0.717, 1.165) is 42.4 Å². The number of Topliss-reactive ketones (excluding diaryl/α,β-unsaturated/α-hetero) is 1. The smallest absolute Gasteiger partial charge is 0.167 e. The standard InChI is InChI=1S/C23H25NO3/c25-22(17-7-9-19(10-8-17)26-14-16-1-2-16)11-15-3-5-18(6-4-15)23-21-12-20(27-23)13-24-21/h3-10,16,20-21,23-24H,1-2,11-14H2/t20-,21-,23+/m1/s1. The fourth-order valence-electron chi connectivity index (χ4n) is 4.03. The van der Waals surface area contributed by atoms with Crippen LogP contribution in [0.3, 0.4) is 0 Å². The van der Waals surface area contributed by atoms with Crippen molar-refractivity contribution in [3.63, 3.8) is 0 Å². The minimum Gasteiger partial charge on any atom is -0.493 e. The van der Waals surface area contributed by atoms with Crippen molar-refractivity contribution in [2.24, 2.45) is 5.92 Å². The average Bonchev–Trinajstić information content (AvgIpc) is 3.29. The van der Waals surface area contributed by atoms with E-state index in [1.54, 1.807) is 0 Å². The second kappa shape index (κ2) is 7.10. The molecule has 0 amide bonds. The molecule has 3 aliphatic rings. The molecule has 0 unspecified atom stereocenters. The maximum Gasteiger partial charge on any atom is 0.167 e. The van der Waals surface area contributed by atoms with E-state index in [2.05, 4.69) is 29.6 Å². The van der Waals surface area contributed by atoms with Crippen LogP contribution in [0.15, 0.2) is 48.5 Å². The Morgan fingerprint density at radius 1 is 1.07 bits per heavy atom. The van der Waals surface area contributed by atoms with Crippen molar-refractivity contribution in [1.82, 2.24) is 5.32 Å². The van der Waals surface area contributed by atoms with Gasteiger partial charge in [-0.15, -0.1) is 0 Å². The van der Waals surface area contributed by atoms with Crippen LogP contribution in [0.25, 0.3) is 0 Å². The summed E-state index contributed by atoms with van der Waals surface area (Å²) in [6, 6.07) is 16.3. The van der Waals surface area contributed by atoms with Gasteiger partial charge in [0.15, 0.2) is 5.78 Å². The largest absolute Gasteiger partial charge is 0.493 e. The highest BCUT2D eigenvalue weighted by molar-refractivity contribution is 5.97. The van der Waals surface area contributed by atoms with Gasteiger partial charge in [-0.25, -0.2) is 0 Å². The number of ketones is 1. The van der Waals surface area contributed by atoms with Crippen LogP contribution in [-0.2, 0) is 11.2 Å². The van der Waals surface area contributed by atoms with Gasteiger partial charge in [-0.1, -0.05) is 24.3 Å². The van der Waals surface area contributed by atoms with Crippen molar-refractivity contribution < 1.29 is 14.3 Å². The number of benzene rings is 2. The molecule has 2 aromatic carbocycles. The summed E-state index contributed by atoms with van der Waals surface area (Å²) in [6.45, 7) is 1.76. The second-order valence-corrected chi connectivity index (χ2v) is 8.05. The highest BCUT2D eigenvalue weighted by atomic mass is 16.5. The summed E-state index contributed by atoms with van der Waals surface area (Å²) in [4.78, 5) is 12.6. The molecule has 2 aromatic rings. The highest BCUT2D eigenvalue weighted by Crippen LogP contribution is 2.36. The molecular weight excluding hydrogens is 338 g/mol. The Morgan fingerprint density at radius 2 is 1.85 bits per heavy atom. The van der Waals surface area contributed by atoms with Crippen LogP contribution in [0.4, 0.5) is 0 Å². The normalized spacial score (nSPS) is 26.3. The molecule has 0 radical (unpaired) electrons. The van der Waals surface area contributed by atoms with E-state index in [9.17, 15) is 4.79 Å². The molecule has 2 aliphatic heterocycles. The van der Waals surface area contributed by atoms with Gasteiger partial charge in [-0.05, 0) is 60.6 Å². The first kappa shape index (κ1) is 17.0. The molecule has 3 fully saturated rings. The van der Waals surface area contributed by atoms with Crippen LogP contribution in [-0.4, -0.2) is 31.1 Å². The maximum absolute atomic E-state index is 12.6. The summed E-state index contributed by atoms with van der Waals surface area (Å²) in [6.07, 6.45) is 4.58. The molecule has 2 heterocycles. The van der Waals surface area contributed by atoms with Gasteiger partial charge in [0.1, 0.15) is 5.75 Å². The molecule has 0 spiro atoms. The molecule has 4 heteroatoms. The summed E-state index contributed by atoms with van der Waals surface area (Å²) < 4.78 is 11.8. The molecule has 3 atom stereocenters. The first-order valence-corrected chi connectivity index (χ1v) is 9.98. The number of rotatable bonds is 7. The van der Waals surface area contributed by atoms with Crippen molar-refractivity contribution in [2.75, 3.05) is 13.2 Å². The Bertz CT molecular complexity index is 811. The number of hydrogen-bond acceptors (Lipinski definition) is 4. The van der Waals surface area contributed by atoms with Gasteiger partial charge in [-0.2, -0.15) is 0 Å². The third-order valence-electron chi connectivity index (χ3n) is 5.86. The van der Waals surface area contributed by atoms with Gasteiger partial charge < -0.3 is 14.8 Å². The SMILES string of the molecule is O=C(Cc1ccc([C@@H]2O[C@H]3CN[C@@H]2C3)cc1)c1ccc(OCC2CC2)cc1. The molecular formula is C23H25NO3. The number of ether oxygens (including phenoxy) is 2. The number of nitrogens with one attached hydrogen (secondary N) is 1. The third-order valence-corrected chi connectivity index (χ3v) is 5.86. The van der Waals surface area contributed by atoms with Crippen LogP contribution < -0.4 is 10.1 Å². The maximum atomic E-state index is 12.6. The van der Waals surface area contributed by atoms with Gasteiger partial charge in [-0.3, -0.25) is 4.79 Å². The van der Waals surface area contributed by atoms with Crippen molar-refractivity contribution >= 4 is 5.78 Å². The minimum absolute atomic E-state index is 0.134. The Labute approximate surface area is 159 Å². The molecule has 4 nitrogen and oxygen atoms in total. The van der Waals surface area contributed by atoms with Crippen LogP contribution in [0, 0.1) is 5.92 Å². The van der Waals surface area contributed by atoms with Crippen LogP contribution in [0.1, 0.15) is 46.9 Å². The van der Waals surface area contributed by atoms with Crippen LogP contribution in [0.5, 0.6) is 5.75 Å². The Kier molecular flexibility index (Phi) is 4.46. The van der Waals surface area contributed by atoms with E-state index in [1.807, 2.05) is 24.3 Å². The Balaban J connectivity index is 1.19. The highest BCUT2D eigenvalue weighted by Gasteiger charge is 2.41. The molecule has 0 aromatic heterocycles. The van der Waals surface area contributed by atoms with Crippen molar-refractivity contribution in [2.45, 2.75) is 43.9 Å². The van der Waals surface area contributed by atoms with Crippen LogP contribution >= 0.6 is 0 Å². The van der Waals surface area contributed by atoms with Crippen LogP contribution in [0.2, 0.25) is 0 Å². The van der Waals surface area contributed by atoms with E-state index in [1.165, 1.54) is 18.4 Å². The molecule has 1 N–H and O–H groups in total. The summed E-state index contributed by atoms with van der Waals surface area (Å²) in [5, 5.41) is 3.51. The summed E-state index contributed by atoms with van der Waals surface area (Å²) in [5.74, 6) is 1.71.